The molecule has 11 heteroatoms. The van der Waals surface area contributed by atoms with Gasteiger partial charge in [-0.3, -0.25) is 14.5 Å². The molecular formula is C28H34Cl3N5O3. The number of nitrogens with zero attached hydrogens (tertiary/aromatic N) is 3. The molecule has 0 bridgehead atoms. The lowest BCUT2D eigenvalue weighted by atomic mass is 9.92. The van der Waals surface area contributed by atoms with Crippen molar-refractivity contribution in [1.82, 2.24) is 14.7 Å². The maximum atomic E-state index is 13.1. The van der Waals surface area contributed by atoms with E-state index in [0.717, 1.165) is 38.0 Å². The molecule has 0 aliphatic carbocycles. The lowest BCUT2D eigenvalue weighted by Gasteiger charge is -2.48. The van der Waals surface area contributed by atoms with E-state index in [2.05, 4.69) is 10.2 Å². The second-order valence-corrected chi connectivity index (χ2v) is 12.3. The topological polar surface area (TPSA) is 102 Å². The van der Waals surface area contributed by atoms with Gasteiger partial charge in [0.2, 0.25) is 0 Å². The number of nitrogens with two attached hydrogens (primary N) is 1. The molecule has 2 amide bonds. The minimum absolute atomic E-state index is 0.00878. The van der Waals surface area contributed by atoms with Gasteiger partial charge in [-0.1, -0.05) is 46.9 Å². The summed E-state index contributed by atoms with van der Waals surface area (Å²) in [4.78, 5) is 31.9. The first kappa shape index (κ1) is 28.5. The Morgan fingerprint density at radius 1 is 0.974 bits per heavy atom. The number of rotatable bonds is 6. The van der Waals surface area contributed by atoms with E-state index < -0.39 is 5.60 Å². The summed E-state index contributed by atoms with van der Waals surface area (Å²) in [7, 11) is 0. The van der Waals surface area contributed by atoms with Crippen LogP contribution in [0.15, 0.2) is 36.4 Å². The van der Waals surface area contributed by atoms with Crippen LogP contribution < -0.4 is 11.1 Å². The number of hydrogen-bond acceptors (Lipinski definition) is 6. The van der Waals surface area contributed by atoms with Gasteiger partial charge in [0.15, 0.2) is 5.60 Å². The molecule has 3 heterocycles. The number of likely N-dealkylation sites (tertiary alicyclic amines) is 3. The molecule has 5 rings (SSSR count). The van der Waals surface area contributed by atoms with Crippen LogP contribution in [-0.4, -0.2) is 89.0 Å². The molecule has 0 radical (unpaired) electrons. The molecule has 3 fully saturated rings. The molecule has 3 aliphatic heterocycles. The zero-order valence-electron chi connectivity index (χ0n) is 21.9. The molecule has 0 spiro atoms. The van der Waals surface area contributed by atoms with E-state index in [1.165, 1.54) is 6.92 Å². The van der Waals surface area contributed by atoms with Crippen molar-refractivity contribution in [2.24, 2.45) is 5.73 Å². The zero-order chi connectivity index (χ0) is 27.9. The number of nitrogens with one attached hydrogen (secondary N) is 1. The van der Waals surface area contributed by atoms with Crippen LogP contribution in [-0.2, 0) is 10.4 Å². The van der Waals surface area contributed by atoms with Crippen molar-refractivity contribution in [3.05, 3.63) is 62.6 Å². The number of carbonyl (C=O) groups is 2. The van der Waals surface area contributed by atoms with E-state index in [0.29, 0.717) is 58.4 Å². The van der Waals surface area contributed by atoms with Crippen LogP contribution in [0.2, 0.25) is 15.1 Å². The predicted molar refractivity (Wildman–Crippen MR) is 155 cm³/mol. The van der Waals surface area contributed by atoms with Crippen LogP contribution in [0.5, 0.6) is 0 Å². The Morgan fingerprint density at radius 3 is 2.21 bits per heavy atom. The predicted octanol–water partition coefficient (Wildman–Crippen LogP) is 3.81. The fourth-order valence-corrected chi connectivity index (χ4v) is 6.62. The van der Waals surface area contributed by atoms with Gasteiger partial charge in [0.05, 0.1) is 21.7 Å². The smallest absolute Gasteiger partial charge is 0.258 e. The molecule has 39 heavy (non-hydrogen) atoms. The second kappa shape index (κ2) is 11.4. The Hall–Kier alpha value is -2.07. The van der Waals surface area contributed by atoms with Crippen molar-refractivity contribution in [2.45, 2.75) is 49.9 Å². The average Bonchev–Trinajstić information content (AvgIpc) is 3.31. The number of hydrogen-bond donors (Lipinski definition) is 3. The third-order valence-corrected chi connectivity index (χ3v) is 8.95. The highest BCUT2D eigenvalue weighted by Gasteiger charge is 2.40. The van der Waals surface area contributed by atoms with Gasteiger partial charge in [0.25, 0.3) is 11.8 Å². The SMILES string of the molecule is C[C@@](O)(C(=O)N1CCC(N2CC(Nc3cc(Cl)c(C(=O)N4CCC(N)C4)c(Cl)c3)C2)CC1)c1cccc(Cl)c1. The standard InChI is InChI=1S/C28H34Cl3N5O3/c1-28(39,17-3-2-4-18(29)11-17)27(38)34-9-6-22(7-10-34)36-15-21(16-36)33-20-12-23(30)25(24(31)13-20)26(37)35-8-5-19(32)14-35/h2-4,11-13,19,21-22,33,39H,5-10,14-16,32H2,1H3/t19?,28-/m0/s1. The third kappa shape index (κ3) is 6.01. The minimum atomic E-state index is -1.62. The largest absolute Gasteiger partial charge is 0.380 e. The Kier molecular flexibility index (Phi) is 8.34. The van der Waals surface area contributed by atoms with E-state index >= 15 is 0 Å². The monoisotopic (exact) mass is 593 g/mol. The normalized spacial score (nSPS) is 22.5. The summed E-state index contributed by atoms with van der Waals surface area (Å²) in [5.74, 6) is -0.479. The molecular weight excluding hydrogens is 561 g/mol. The van der Waals surface area contributed by atoms with Gasteiger partial charge in [-0.25, -0.2) is 0 Å². The van der Waals surface area contributed by atoms with Gasteiger partial charge in [-0.2, -0.15) is 0 Å². The Labute approximate surface area is 244 Å². The summed E-state index contributed by atoms with van der Waals surface area (Å²) in [5, 5.41) is 15.6. The highest BCUT2D eigenvalue weighted by atomic mass is 35.5. The van der Waals surface area contributed by atoms with Crippen molar-refractivity contribution in [2.75, 3.05) is 44.6 Å². The van der Waals surface area contributed by atoms with Crippen LogP contribution in [0.4, 0.5) is 5.69 Å². The van der Waals surface area contributed by atoms with E-state index in [4.69, 9.17) is 40.5 Å². The molecule has 3 saturated heterocycles. The first-order valence-electron chi connectivity index (χ1n) is 13.3. The van der Waals surface area contributed by atoms with E-state index in [1.807, 2.05) is 0 Å². The van der Waals surface area contributed by atoms with Gasteiger partial charge in [-0.15, -0.1) is 0 Å². The number of aliphatic hydroxyl groups is 1. The van der Waals surface area contributed by atoms with E-state index in [9.17, 15) is 14.7 Å². The number of anilines is 1. The van der Waals surface area contributed by atoms with Crippen molar-refractivity contribution in [3.63, 3.8) is 0 Å². The molecule has 3 aliphatic rings. The molecule has 4 N–H and O–H groups in total. The van der Waals surface area contributed by atoms with Gasteiger partial charge in [0.1, 0.15) is 0 Å². The van der Waals surface area contributed by atoms with Gasteiger partial charge < -0.3 is 26.0 Å². The van der Waals surface area contributed by atoms with Crippen molar-refractivity contribution in [1.29, 1.82) is 0 Å². The molecule has 8 nitrogen and oxygen atoms in total. The van der Waals surface area contributed by atoms with Crippen molar-refractivity contribution in [3.8, 4) is 0 Å². The molecule has 2 atom stereocenters. The summed E-state index contributed by atoms with van der Waals surface area (Å²) < 4.78 is 0. The molecule has 2 aromatic carbocycles. The second-order valence-electron chi connectivity index (χ2n) is 11.0. The first-order valence-corrected chi connectivity index (χ1v) is 14.5. The van der Waals surface area contributed by atoms with Gasteiger partial charge in [0, 0.05) is 62.1 Å². The van der Waals surface area contributed by atoms with Crippen LogP contribution in [0.3, 0.4) is 0 Å². The molecule has 0 aromatic heterocycles. The van der Waals surface area contributed by atoms with Crippen LogP contribution in [0.1, 0.15) is 42.1 Å². The summed E-state index contributed by atoms with van der Waals surface area (Å²) in [6.45, 7) is 5.56. The number of piperidine rings is 1. The maximum Gasteiger partial charge on any atom is 0.258 e. The highest BCUT2D eigenvalue weighted by molar-refractivity contribution is 6.40. The Morgan fingerprint density at radius 2 is 1.62 bits per heavy atom. The third-order valence-electron chi connectivity index (χ3n) is 8.12. The van der Waals surface area contributed by atoms with Crippen LogP contribution in [0, 0.1) is 0 Å². The fourth-order valence-electron chi connectivity index (χ4n) is 5.79. The highest BCUT2D eigenvalue weighted by Crippen LogP contribution is 2.33. The summed E-state index contributed by atoms with van der Waals surface area (Å²) in [5.41, 5.74) is 5.93. The first-order chi connectivity index (χ1) is 18.5. The van der Waals surface area contributed by atoms with Crippen LogP contribution in [0.25, 0.3) is 0 Å². The maximum absolute atomic E-state index is 13.1. The average molecular weight is 595 g/mol. The summed E-state index contributed by atoms with van der Waals surface area (Å²) in [6, 6.07) is 10.9. The molecule has 2 aromatic rings. The Balaban J connectivity index is 1.11. The lowest BCUT2D eigenvalue weighted by Crippen LogP contribution is -2.61. The lowest BCUT2D eigenvalue weighted by molar-refractivity contribution is -0.152. The molecule has 210 valence electrons. The fraction of sp³-hybridized carbons (Fsp3) is 0.500. The van der Waals surface area contributed by atoms with Crippen LogP contribution >= 0.6 is 34.8 Å². The molecule has 0 saturated carbocycles. The van der Waals surface area contributed by atoms with E-state index in [-0.39, 0.29) is 23.9 Å². The van der Waals surface area contributed by atoms with Gasteiger partial charge in [-0.05, 0) is 56.0 Å². The van der Waals surface area contributed by atoms with Crippen molar-refractivity contribution >= 4 is 52.3 Å². The van der Waals surface area contributed by atoms with Gasteiger partial charge >= 0.3 is 0 Å². The summed E-state index contributed by atoms with van der Waals surface area (Å²) in [6.07, 6.45) is 2.47. The number of benzene rings is 2. The molecule has 1 unspecified atom stereocenters. The number of halogens is 3. The Bertz CT molecular complexity index is 1220. The van der Waals surface area contributed by atoms with Crippen molar-refractivity contribution < 1.29 is 14.7 Å². The minimum Gasteiger partial charge on any atom is -0.380 e. The number of carbonyl (C=O) groups excluding carboxylic acids is 2. The summed E-state index contributed by atoms with van der Waals surface area (Å²) >= 11 is 19.0. The van der Waals surface area contributed by atoms with E-state index in [1.54, 1.807) is 46.2 Å². The quantitative estimate of drug-likeness (QED) is 0.470. The number of amides is 2. The zero-order valence-corrected chi connectivity index (χ0v) is 24.1.